The van der Waals surface area contributed by atoms with E-state index in [0.717, 1.165) is 52.1 Å². The zero-order chi connectivity index (χ0) is 15.5. The SMILES string of the molecule is CC(C)(C(=O)N1CCC(CC(N)=O)CC1)N1CCNCC1. The van der Waals surface area contributed by atoms with Crippen LogP contribution in [0, 0.1) is 5.92 Å². The molecule has 0 radical (unpaired) electrons. The van der Waals surface area contributed by atoms with E-state index in [1.165, 1.54) is 0 Å². The highest BCUT2D eigenvalue weighted by atomic mass is 16.2. The Labute approximate surface area is 127 Å². The second kappa shape index (κ2) is 6.75. The summed E-state index contributed by atoms with van der Waals surface area (Å²) in [5.74, 6) is 0.316. The van der Waals surface area contributed by atoms with E-state index < -0.39 is 5.54 Å². The van der Waals surface area contributed by atoms with Crippen molar-refractivity contribution in [1.29, 1.82) is 0 Å². The summed E-state index contributed by atoms with van der Waals surface area (Å²) < 4.78 is 0. The van der Waals surface area contributed by atoms with E-state index in [0.29, 0.717) is 12.3 Å². The number of rotatable bonds is 4. The summed E-state index contributed by atoms with van der Waals surface area (Å²) in [6, 6.07) is 0. The van der Waals surface area contributed by atoms with Gasteiger partial charge in [-0.25, -0.2) is 0 Å². The van der Waals surface area contributed by atoms with Gasteiger partial charge in [-0.3, -0.25) is 14.5 Å². The highest BCUT2D eigenvalue weighted by Crippen LogP contribution is 2.25. The first-order valence-corrected chi connectivity index (χ1v) is 7.94. The van der Waals surface area contributed by atoms with Crippen LogP contribution in [0.2, 0.25) is 0 Å². The third-order valence-corrected chi connectivity index (χ3v) is 4.82. The number of nitrogens with one attached hydrogen (secondary N) is 1. The van der Waals surface area contributed by atoms with E-state index >= 15 is 0 Å². The van der Waals surface area contributed by atoms with Crippen molar-refractivity contribution in [3.8, 4) is 0 Å². The van der Waals surface area contributed by atoms with Crippen molar-refractivity contribution in [1.82, 2.24) is 15.1 Å². The second-order valence-electron chi connectivity index (χ2n) is 6.70. The average molecular weight is 296 g/mol. The Hall–Kier alpha value is -1.14. The number of likely N-dealkylation sites (tertiary alicyclic amines) is 1. The van der Waals surface area contributed by atoms with Crippen LogP contribution in [0.5, 0.6) is 0 Å². The molecular formula is C15H28N4O2. The van der Waals surface area contributed by atoms with Crippen LogP contribution >= 0.6 is 0 Å². The van der Waals surface area contributed by atoms with E-state index in [1.807, 2.05) is 18.7 Å². The Morgan fingerprint density at radius 2 is 1.71 bits per heavy atom. The van der Waals surface area contributed by atoms with Gasteiger partial charge in [-0.2, -0.15) is 0 Å². The number of carbonyl (C=O) groups is 2. The molecule has 0 atom stereocenters. The zero-order valence-electron chi connectivity index (χ0n) is 13.2. The van der Waals surface area contributed by atoms with Crippen LogP contribution in [-0.4, -0.2) is 66.4 Å². The van der Waals surface area contributed by atoms with Crippen LogP contribution in [0.25, 0.3) is 0 Å². The lowest BCUT2D eigenvalue weighted by molar-refractivity contribution is -0.144. The van der Waals surface area contributed by atoms with E-state index in [1.54, 1.807) is 0 Å². The maximum atomic E-state index is 12.8. The maximum absolute atomic E-state index is 12.8. The van der Waals surface area contributed by atoms with Gasteiger partial charge in [0.05, 0.1) is 5.54 Å². The molecule has 6 nitrogen and oxygen atoms in total. The van der Waals surface area contributed by atoms with Crippen molar-refractivity contribution in [2.75, 3.05) is 39.3 Å². The molecule has 0 unspecified atom stereocenters. The molecule has 2 amide bonds. The van der Waals surface area contributed by atoms with E-state index in [4.69, 9.17) is 5.73 Å². The Bertz CT molecular complexity index is 383. The van der Waals surface area contributed by atoms with E-state index in [-0.39, 0.29) is 11.8 Å². The molecule has 0 aromatic carbocycles. The van der Waals surface area contributed by atoms with Crippen LogP contribution < -0.4 is 11.1 Å². The molecule has 2 aliphatic heterocycles. The fourth-order valence-electron chi connectivity index (χ4n) is 3.37. The number of piperazine rings is 1. The van der Waals surface area contributed by atoms with Crippen molar-refractivity contribution in [2.45, 2.75) is 38.6 Å². The molecule has 2 fully saturated rings. The number of carbonyl (C=O) groups excluding carboxylic acids is 2. The smallest absolute Gasteiger partial charge is 0.242 e. The normalized spacial score (nSPS) is 22.3. The molecule has 0 spiro atoms. The van der Waals surface area contributed by atoms with Crippen LogP contribution in [0.1, 0.15) is 33.1 Å². The van der Waals surface area contributed by atoms with Gasteiger partial charge in [-0.15, -0.1) is 0 Å². The summed E-state index contributed by atoms with van der Waals surface area (Å²) in [5, 5.41) is 3.32. The summed E-state index contributed by atoms with van der Waals surface area (Å²) in [4.78, 5) is 28.0. The molecule has 6 heteroatoms. The highest BCUT2D eigenvalue weighted by Gasteiger charge is 2.39. The molecule has 0 aromatic heterocycles. The maximum Gasteiger partial charge on any atom is 0.242 e. The molecule has 3 N–H and O–H groups in total. The van der Waals surface area contributed by atoms with Crippen molar-refractivity contribution >= 4 is 11.8 Å². The molecule has 0 aromatic rings. The third kappa shape index (κ3) is 3.95. The van der Waals surface area contributed by atoms with Gasteiger partial charge in [0, 0.05) is 45.7 Å². The predicted octanol–water partition coefficient (Wildman–Crippen LogP) is -0.216. The Morgan fingerprint density at radius 3 is 2.24 bits per heavy atom. The van der Waals surface area contributed by atoms with Crippen LogP contribution in [0.15, 0.2) is 0 Å². The molecule has 0 aliphatic carbocycles. The Morgan fingerprint density at radius 1 is 1.14 bits per heavy atom. The lowest BCUT2D eigenvalue weighted by atomic mass is 9.91. The lowest BCUT2D eigenvalue weighted by Gasteiger charge is -2.44. The van der Waals surface area contributed by atoms with Crippen molar-refractivity contribution in [3.05, 3.63) is 0 Å². The monoisotopic (exact) mass is 296 g/mol. The van der Waals surface area contributed by atoms with Crippen LogP contribution in [0.4, 0.5) is 0 Å². The van der Waals surface area contributed by atoms with Crippen LogP contribution in [0.3, 0.4) is 0 Å². The molecule has 21 heavy (non-hydrogen) atoms. The van der Waals surface area contributed by atoms with E-state index in [9.17, 15) is 9.59 Å². The number of hydrogen-bond donors (Lipinski definition) is 2. The first-order valence-electron chi connectivity index (χ1n) is 7.94. The summed E-state index contributed by atoms with van der Waals surface area (Å²) in [6.45, 7) is 9.24. The summed E-state index contributed by atoms with van der Waals surface area (Å²) in [6.07, 6.45) is 2.21. The third-order valence-electron chi connectivity index (χ3n) is 4.82. The van der Waals surface area contributed by atoms with Gasteiger partial charge >= 0.3 is 0 Å². The molecule has 2 aliphatic rings. The van der Waals surface area contributed by atoms with Crippen LogP contribution in [-0.2, 0) is 9.59 Å². The first kappa shape index (κ1) is 16.2. The lowest BCUT2D eigenvalue weighted by Crippen LogP contribution is -2.61. The molecule has 2 rings (SSSR count). The van der Waals surface area contributed by atoms with Gasteiger partial charge in [0.1, 0.15) is 0 Å². The molecule has 120 valence electrons. The van der Waals surface area contributed by atoms with Gasteiger partial charge in [-0.1, -0.05) is 0 Å². The number of nitrogens with two attached hydrogens (primary N) is 1. The Balaban J connectivity index is 1.89. The largest absolute Gasteiger partial charge is 0.370 e. The number of nitrogens with zero attached hydrogens (tertiary/aromatic N) is 2. The van der Waals surface area contributed by atoms with Crippen molar-refractivity contribution in [2.24, 2.45) is 11.7 Å². The topological polar surface area (TPSA) is 78.7 Å². The highest BCUT2D eigenvalue weighted by molar-refractivity contribution is 5.85. The van der Waals surface area contributed by atoms with Gasteiger partial charge in [-0.05, 0) is 32.6 Å². The molecule has 2 heterocycles. The summed E-state index contributed by atoms with van der Waals surface area (Å²) in [7, 11) is 0. The number of amides is 2. The minimum atomic E-state index is -0.446. The fraction of sp³-hybridized carbons (Fsp3) is 0.867. The Kier molecular flexibility index (Phi) is 5.22. The molecule has 0 bridgehead atoms. The van der Waals surface area contributed by atoms with Gasteiger partial charge in [0.15, 0.2) is 0 Å². The van der Waals surface area contributed by atoms with Gasteiger partial charge in [0.25, 0.3) is 0 Å². The van der Waals surface area contributed by atoms with Crippen molar-refractivity contribution < 1.29 is 9.59 Å². The number of hydrogen-bond acceptors (Lipinski definition) is 4. The van der Waals surface area contributed by atoms with Crippen molar-refractivity contribution in [3.63, 3.8) is 0 Å². The quantitative estimate of drug-likeness (QED) is 0.752. The van der Waals surface area contributed by atoms with Gasteiger partial charge in [0.2, 0.25) is 11.8 Å². The number of primary amides is 1. The summed E-state index contributed by atoms with van der Waals surface area (Å²) >= 11 is 0. The predicted molar refractivity (Wildman–Crippen MR) is 81.6 cm³/mol. The molecule has 0 saturated carbocycles. The number of piperidine rings is 1. The molecule has 2 saturated heterocycles. The zero-order valence-corrected chi connectivity index (χ0v) is 13.2. The minimum Gasteiger partial charge on any atom is -0.370 e. The fourth-order valence-corrected chi connectivity index (χ4v) is 3.37. The second-order valence-corrected chi connectivity index (χ2v) is 6.70. The van der Waals surface area contributed by atoms with E-state index in [2.05, 4.69) is 10.2 Å². The standard InChI is InChI=1S/C15H28N4O2/c1-15(2,19-9-5-17-6-10-19)14(21)18-7-3-12(4-8-18)11-13(16)20/h12,17H,3-11H2,1-2H3,(H2,16,20). The molecular weight excluding hydrogens is 268 g/mol. The minimum absolute atomic E-state index is 0.210. The summed E-state index contributed by atoms with van der Waals surface area (Å²) in [5.41, 5.74) is 4.81. The average Bonchev–Trinajstić information content (AvgIpc) is 2.47. The van der Waals surface area contributed by atoms with Gasteiger partial charge < -0.3 is 16.0 Å². The first-order chi connectivity index (χ1) is 9.91.